The van der Waals surface area contributed by atoms with E-state index < -0.39 is 6.04 Å². The zero-order chi connectivity index (χ0) is 25.4. The Balaban J connectivity index is 2.61. The SMILES string of the molecule is C=C(CCC)N1N=C(c2cc(NC(C)C(=O)OC)ccc2OCC)NC(=O)/C1=C(\C)C(C)CC. The lowest BCUT2D eigenvalue weighted by Crippen LogP contribution is -2.44. The first kappa shape index (κ1) is 27.0. The van der Waals surface area contributed by atoms with E-state index in [-0.39, 0.29) is 17.8 Å². The molecule has 0 saturated carbocycles. The van der Waals surface area contributed by atoms with Gasteiger partial charge in [-0.3, -0.25) is 4.79 Å². The predicted molar refractivity (Wildman–Crippen MR) is 135 cm³/mol. The molecule has 8 nitrogen and oxygen atoms in total. The Morgan fingerprint density at radius 3 is 2.56 bits per heavy atom. The van der Waals surface area contributed by atoms with E-state index in [0.29, 0.717) is 41.6 Å². The van der Waals surface area contributed by atoms with Crippen LogP contribution >= 0.6 is 0 Å². The molecule has 0 radical (unpaired) electrons. The summed E-state index contributed by atoms with van der Waals surface area (Å²) < 4.78 is 10.6. The average molecular weight is 471 g/mol. The Bertz CT molecular complexity index is 983. The molecule has 186 valence electrons. The molecule has 1 aromatic rings. The van der Waals surface area contributed by atoms with Crippen LogP contribution in [0.1, 0.15) is 66.4 Å². The van der Waals surface area contributed by atoms with Crippen LogP contribution in [-0.4, -0.2) is 42.5 Å². The van der Waals surface area contributed by atoms with Crippen molar-refractivity contribution in [3.63, 3.8) is 0 Å². The number of esters is 1. The van der Waals surface area contributed by atoms with Crippen LogP contribution in [0, 0.1) is 5.92 Å². The molecular weight excluding hydrogens is 432 g/mol. The number of hydrazone groups is 1. The Morgan fingerprint density at radius 2 is 1.97 bits per heavy atom. The fourth-order valence-corrected chi connectivity index (χ4v) is 3.64. The van der Waals surface area contributed by atoms with Gasteiger partial charge in [0.2, 0.25) is 0 Å². The third-order valence-corrected chi connectivity index (χ3v) is 5.89. The average Bonchev–Trinajstić information content (AvgIpc) is 2.83. The van der Waals surface area contributed by atoms with Crippen LogP contribution in [0.5, 0.6) is 5.75 Å². The number of hydrogen-bond acceptors (Lipinski definition) is 7. The summed E-state index contributed by atoms with van der Waals surface area (Å²) in [5, 5.41) is 12.6. The molecular formula is C26H38N4O4. The third kappa shape index (κ3) is 6.18. The van der Waals surface area contributed by atoms with Crippen molar-refractivity contribution >= 4 is 23.4 Å². The van der Waals surface area contributed by atoms with Gasteiger partial charge in [-0.1, -0.05) is 33.8 Å². The van der Waals surface area contributed by atoms with Crippen molar-refractivity contribution in [2.75, 3.05) is 19.0 Å². The second-order valence-corrected chi connectivity index (χ2v) is 8.40. The number of benzene rings is 1. The highest BCUT2D eigenvalue weighted by atomic mass is 16.5. The Labute approximate surface area is 203 Å². The minimum Gasteiger partial charge on any atom is -0.493 e. The number of nitrogens with one attached hydrogen (secondary N) is 2. The number of nitrogens with zero attached hydrogens (tertiary/aromatic N) is 2. The number of methoxy groups -OCH3 is 1. The van der Waals surface area contributed by atoms with Gasteiger partial charge in [-0.25, -0.2) is 9.80 Å². The van der Waals surface area contributed by atoms with E-state index in [0.717, 1.165) is 24.1 Å². The van der Waals surface area contributed by atoms with Gasteiger partial charge in [0.15, 0.2) is 5.84 Å². The lowest BCUT2D eigenvalue weighted by molar-refractivity contribution is -0.141. The highest BCUT2D eigenvalue weighted by Gasteiger charge is 2.31. The van der Waals surface area contributed by atoms with E-state index in [1.54, 1.807) is 24.1 Å². The number of anilines is 1. The van der Waals surface area contributed by atoms with Crippen molar-refractivity contribution in [2.24, 2.45) is 11.0 Å². The molecule has 0 spiro atoms. The monoisotopic (exact) mass is 470 g/mol. The number of amides is 1. The number of carbonyl (C=O) groups excluding carboxylic acids is 2. The molecule has 0 bridgehead atoms. The summed E-state index contributed by atoms with van der Waals surface area (Å²) in [6.07, 6.45) is 2.50. The lowest BCUT2D eigenvalue weighted by atomic mass is 9.96. The van der Waals surface area contributed by atoms with Crippen molar-refractivity contribution in [3.8, 4) is 5.75 Å². The summed E-state index contributed by atoms with van der Waals surface area (Å²) in [5.74, 6) is 0.548. The summed E-state index contributed by atoms with van der Waals surface area (Å²) >= 11 is 0. The summed E-state index contributed by atoms with van der Waals surface area (Å²) in [4.78, 5) is 25.2. The van der Waals surface area contributed by atoms with E-state index in [9.17, 15) is 9.59 Å². The zero-order valence-corrected chi connectivity index (χ0v) is 21.4. The normalized spacial score (nSPS) is 16.7. The first-order valence-corrected chi connectivity index (χ1v) is 11.9. The van der Waals surface area contributed by atoms with Crippen molar-refractivity contribution < 1.29 is 19.1 Å². The largest absolute Gasteiger partial charge is 0.493 e. The number of ether oxygens (including phenoxy) is 2. The summed E-state index contributed by atoms with van der Waals surface area (Å²) in [7, 11) is 1.35. The second-order valence-electron chi connectivity index (χ2n) is 8.40. The van der Waals surface area contributed by atoms with Crippen molar-refractivity contribution in [3.05, 3.63) is 47.3 Å². The molecule has 2 N–H and O–H groups in total. The number of hydrogen-bond donors (Lipinski definition) is 2. The zero-order valence-electron chi connectivity index (χ0n) is 21.4. The number of rotatable bonds is 11. The van der Waals surface area contributed by atoms with Crippen LogP contribution in [-0.2, 0) is 14.3 Å². The van der Waals surface area contributed by atoms with Gasteiger partial charge in [0.25, 0.3) is 5.91 Å². The first-order chi connectivity index (χ1) is 16.2. The topological polar surface area (TPSA) is 92.3 Å². The van der Waals surface area contributed by atoms with E-state index in [2.05, 4.69) is 38.0 Å². The van der Waals surface area contributed by atoms with Gasteiger partial charge < -0.3 is 20.1 Å². The van der Waals surface area contributed by atoms with E-state index in [4.69, 9.17) is 14.6 Å². The fourth-order valence-electron chi connectivity index (χ4n) is 3.64. The molecule has 2 unspecified atom stereocenters. The molecule has 34 heavy (non-hydrogen) atoms. The maximum absolute atomic E-state index is 13.4. The molecule has 0 aliphatic carbocycles. The van der Waals surface area contributed by atoms with E-state index in [1.807, 2.05) is 19.9 Å². The molecule has 0 aromatic heterocycles. The molecule has 1 aliphatic rings. The maximum Gasteiger partial charge on any atom is 0.327 e. The molecule has 8 heteroatoms. The van der Waals surface area contributed by atoms with Crippen molar-refractivity contribution in [1.29, 1.82) is 0 Å². The summed E-state index contributed by atoms with van der Waals surface area (Å²) in [5.41, 5.74) is 3.51. The van der Waals surface area contributed by atoms with Gasteiger partial charge in [0, 0.05) is 11.4 Å². The Morgan fingerprint density at radius 1 is 1.26 bits per heavy atom. The van der Waals surface area contributed by atoms with Gasteiger partial charge in [-0.2, -0.15) is 0 Å². The molecule has 1 aromatic carbocycles. The van der Waals surface area contributed by atoms with Crippen LogP contribution in [0.3, 0.4) is 0 Å². The van der Waals surface area contributed by atoms with Crippen LogP contribution in [0.2, 0.25) is 0 Å². The Hall–Kier alpha value is -3.29. The second kappa shape index (κ2) is 12.3. The van der Waals surface area contributed by atoms with Crippen LogP contribution in [0.4, 0.5) is 5.69 Å². The number of carbonyl (C=O) groups is 2. The standard InChI is InChI=1S/C26H38N4O4/c1-9-12-17(5)30-23(18(6)16(4)10-2)25(31)28-24(29-30)21-15-20(13-14-22(21)34-11-3)27-19(7)26(32)33-8/h13-16,19,27H,5,9-12H2,1-4,6-8H3,(H,28,29,31)/b23-18-. The smallest absolute Gasteiger partial charge is 0.327 e. The molecule has 1 aliphatic heterocycles. The lowest BCUT2D eigenvalue weighted by Gasteiger charge is -2.32. The van der Waals surface area contributed by atoms with Gasteiger partial charge in [0.05, 0.1) is 19.3 Å². The Kier molecular flexibility index (Phi) is 9.71. The maximum atomic E-state index is 13.4. The number of amidine groups is 1. The summed E-state index contributed by atoms with van der Waals surface area (Å²) in [6, 6.07) is 4.86. The molecule has 0 fully saturated rings. The third-order valence-electron chi connectivity index (χ3n) is 5.89. The summed E-state index contributed by atoms with van der Waals surface area (Å²) in [6.45, 7) is 16.5. The highest BCUT2D eigenvalue weighted by molar-refractivity contribution is 6.15. The quantitative estimate of drug-likeness (QED) is 0.357. The molecule has 0 saturated heterocycles. The van der Waals surface area contributed by atoms with E-state index in [1.165, 1.54) is 7.11 Å². The minimum atomic E-state index is -0.549. The predicted octanol–water partition coefficient (Wildman–Crippen LogP) is 4.79. The first-order valence-electron chi connectivity index (χ1n) is 11.9. The van der Waals surface area contributed by atoms with Crippen LogP contribution in [0.15, 0.2) is 46.8 Å². The fraction of sp³-hybridized carbons (Fsp3) is 0.500. The number of allylic oxidation sites excluding steroid dienone is 2. The molecule has 2 atom stereocenters. The van der Waals surface area contributed by atoms with E-state index >= 15 is 0 Å². The van der Waals surface area contributed by atoms with Gasteiger partial charge in [-0.05, 0) is 63.3 Å². The van der Waals surface area contributed by atoms with Crippen LogP contribution < -0.4 is 15.4 Å². The van der Waals surface area contributed by atoms with Gasteiger partial charge in [-0.15, -0.1) is 5.10 Å². The highest BCUT2D eigenvalue weighted by Crippen LogP contribution is 2.30. The minimum absolute atomic E-state index is 0.223. The van der Waals surface area contributed by atoms with Crippen LogP contribution in [0.25, 0.3) is 0 Å². The van der Waals surface area contributed by atoms with Crippen molar-refractivity contribution in [1.82, 2.24) is 10.3 Å². The van der Waals surface area contributed by atoms with Gasteiger partial charge >= 0.3 is 5.97 Å². The van der Waals surface area contributed by atoms with Crippen molar-refractivity contribution in [2.45, 2.75) is 66.8 Å². The molecule has 1 amide bonds. The molecule has 1 heterocycles. The molecule has 2 rings (SSSR count). The van der Waals surface area contributed by atoms with Gasteiger partial charge in [0.1, 0.15) is 17.5 Å².